The summed E-state index contributed by atoms with van der Waals surface area (Å²) < 4.78 is 27.3. The van der Waals surface area contributed by atoms with Gasteiger partial charge in [-0.2, -0.15) is 4.72 Å². The molecule has 128 valence electrons. The van der Waals surface area contributed by atoms with Gasteiger partial charge in [-0.3, -0.25) is 9.59 Å². The highest BCUT2D eigenvalue weighted by molar-refractivity contribution is 7.89. The van der Waals surface area contributed by atoms with Crippen molar-refractivity contribution in [2.45, 2.75) is 23.8 Å². The Morgan fingerprint density at radius 2 is 1.75 bits per heavy atom. The molecule has 8 nitrogen and oxygen atoms in total. The predicted molar refractivity (Wildman–Crippen MR) is 88.5 cm³/mol. The predicted octanol–water partition coefficient (Wildman–Crippen LogP) is 0.419. The SMILES string of the molecule is NC(=O)CC[C@H](NS(=O)(=O)c1ccc(N)c2ccccc12)C(=O)O. The smallest absolute Gasteiger partial charge is 0.321 e. The minimum atomic E-state index is -4.13. The number of sulfonamides is 1. The molecule has 0 fully saturated rings. The highest BCUT2D eigenvalue weighted by Crippen LogP contribution is 2.27. The second-order valence-corrected chi connectivity index (χ2v) is 6.90. The molecule has 0 bridgehead atoms. The molecule has 0 aliphatic carbocycles. The van der Waals surface area contributed by atoms with E-state index in [-0.39, 0.29) is 17.7 Å². The summed E-state index contributed by atoms with van der Waals surface area (Å²) in [4.78, 5) is 22.0. The van der Waals surface area contributed by atoms with Gasteiger partial charge < -0.3 is 16.6 Å². The molecule has 1 amide bonds. The molecule has 0 heterocycles. The molecule has 0 aliphatic heterocycles. The van der Waals surface area contributed by atoms with Crippen molar-refractivity contribution in [2.24, 2.45) is 5.73 Å². The summed E-state index contributed by atoms with van der Waals surface area (Å²) >= 11 is 0. The third kappa shape index (κ3) is 3.81. The van der Waals surface area contributed by atoms with Crippen LogP contribution in [-0.2, 0) is 19.6 Å². The molecule has 0 saturated carbocycles. The number of nitrogens with two attached hydrogens (primary N) is 2. The molecule has 24 heavy (non-hydrogen) atoms. The maximum atomic E-state index is 12.6. The Kier molecular flexibility index (Phi) is 5.05. The number of benzene rings is 2. The summed E-state index contributed by atoms with van der Waals surface area (Å²) in [5.41, 5.74) is 11.2. The maximum absolute atomic E-state index is 12.6. The first-order chi connectivity index (χ1) is 11.2. The Morgan fingerprint density at radius 1 is 1.12 bits per heavy atom. The summed E-state index contributed by atoms with van der Waals surface area (Å²) in [6.07, 6.45) is -0.487. The van der Waals surface area contributed by atoms with E-state index in [2.05, 4.69) is 4.72 Å². The number of nitrogen functional groups attached to an aromatic ring is 1. The second kappa shape index (κ2) is 6.85. The summed E-state index contributed by atoms with van der Waals surface area (Å²) in [6, 6.07) is 7.92. The molecule has 0 saturated heterocycles. The molecule has 0 radical (unpaired) electrons. The van der Waals surface area contributed by atoms with Gasteiger partial charge in [-0.25, -0.2) is 8.42 Å². The third-order valence-electron chi connectivity index (χ3n) is 3.48. The van der Waals surface area contributed by atoms with Crippen LogP contribution in [0.15, 0.2) is 41.3 Å². The van der Waals surface area contributed by atoms with Crippen molar-refractivity contribution in [3.05, 3.63) is 36.4 Å². The number of carbonyl (C=O) groups excluding carboxylic acids is 1. The summed E-state index contributed by atoms with van der Waals surface area (Å²) in [6.45, 7) is 0. The highest BCUT2D eigenvalue weighted by Gasteiger charge is 2.27. The van der Waals surface area contributed by atoms with E-state index < -0.39 is 27.9 Å². The normalized spacial score (nSPS) is 12.8. The second-order valence-electron chi connectivity index (χ2n) is 5.22. The number of amides is 1. The van der Waals surface area contributed by atoms with Crippen LogP contribution >= 0.6 is 0 Å². The molecule has 0 aliphatic rings. The lowest BCUT2D eigenvalue weighted by molar-refractivity contribution is -0.139. The van der Waals surface area contributed by atoms with E-state index in [4.69, 9.17) is 16.6 Å². The van der Waals surface area contributed by atoms with Crippen molar-refractivity contribution in [3.8, 4) is 0 Å². The van der Waals surface area contributed by atoms with Gasteiger partial charge in [0.15, 0.2) is 0 Å². The zero-order valence-corrected chi connectivity index (χ0v) is 13.4. The third-order valence-corrected chi connectivity index (χ3v) is 5.01. The number of fused-ring (bicyclic) bond motifs is 1. The molecule has 9 heteroatoms. The van der Waals surface area contributed by atoms with Crippen molar-refractivity contribution in [1.29, 1.82) is 0 Å². The molecule has 0 unspecified atom stereocenters. The van der Waals surface area contributed by atoms with E-state index in [1.165, 1.54) is 12.1 Å². The summed E-state index contributed by atoms with van der Waals surface area (Å²) in [7, 11) is -4.13. The van der Waals surface area contributed by atoms with Crippen LogP contribution < -0.4 is 16.2 Å². The van der Waals surface area contributed by atoms with E-state index in [0.717, 1.165) is 0 Å². The fourth-order valence-corrected chi connectivity index (χ4v) is 3.73. The van der Waals surface area contributed by atoms with Gasteiger partial charge in [0.2, 0.25) is 15.9 Å². The first-order valence-electron chi connectivity index (χ1n) is 7.03. The largest absolute Gasteiger partial charge is 0.480 e. The molecule has 2 aromatic carbocycles. The van der Waals surface area contributed by atoms with Crippen molar-refractivity contribution >= 4 is 38.4 Å². The van der Waals surface area contributed by atoms with Crippen LogP contribution in [0.3, 0.4) is 0 Å². The topological polar surface area (TPSA) is 153 Å². The number of hydrogen-bond acceptors (Lipinski definition) is 5. The minimum Gasteiger partial charge on any atom is -0.480 e. The van der Waals surface area contributed by atoms with Gasteiger partial charge in [0.05, 0.1) is 4.90 Å². The van der Waals surface area contributed by atoms with E-state index in [1.54, 1.807) is 24.3 Å². The molecule has 0 aromatic heterocycles. The lowest BCUT2D eigenvalue weighted by Crippen LogP contribution is -2.41. The van der Waals surface area contributed by atoms with Crippen molar-refractivity contribution in [1.82, 2.24) is 4.72 Å². The van der Waals surface area contributed by atoms with Gasteiger partial charge in [0.25, 0.3) is 0 Å². The van der Waals surface area contributed by atoms with Crippen molar-refractivity contribution in [3.63, 3.8) is 0 Å². The lowest BCUT2D eigenvalue weighted by atomic mass is 10.1. The average Bonchev–Trinajstić information content (AvgIpc) is 2.51. The number of rotatable bonds is 7. The number of carbonyl (C=O) groups is 2. The van der Waals surface area contributed by atoms with Crippen LogP contribution in [0.25, 0.3) is 10.8 Å². The van der Waals surface area contributed by atoms with Gasteiger partial charge in [-0.05, 0) is 18.6 Å². The highest BCUT2D eigenvalue weighted by atomic mass is 32.2. The van der Waals surface area contributed by atoms with Crippen LogP contribution in [0.1, 0.15) is 12.8 Å². The standard InChI is InChI=1S/C15H17N3O5S/c16-11-5-7-13(10-4-2-1-3-9(10)11)24(22,23)18-12(15(20)21)6-8-14(17)19/h1-5,7,12,18H,6,8,16H2,(H2,17,19)(H,20,21)/t12-/m0/s1. The molecule has 1 atom stereocenters. The maximum Gasteiger partial charge on any atom is 0.321 e. The first-order valence-corrected chi connectivity index (χ1v) is 8.51. The fraction of sp³-hybridized carbons (Fsp3) is 0.200. The van der Waals surface area contributed by atoms with E-state index in [0.29, 0.717) is 16.5 Å². The minimum absolute atomic E-state index is 0.0855. The number of anilines is 1. The van der Waals surface area contributed by atoms with Gasteiger partial charge >= 0.3 is 5.97 Å². The quantitative estimate of drug-likeness (QED) is 0.530. The van der Waals surface area contributed by atoms with Gasteiger partial charge in [0.1, 0.15) is 6.04 Å². The molecule has 2 rings (SSSR count). The molecule has 2 aromatic rings. The lowest BCUT2D eigenvalue weighted by Gasteiger charge is -2.16. The Morgan fingerprint density at radius 3 is 2.33 bits per heavy atom. The van der Waals surface area contributed by atoms with E-state index >= 15 is 0 Å². The van der Waals surface area contributed by atoms with Gasteiger partial charge in [-0.15, -0.1) is 0 Å². The average molecular weight is 351 g/mol. The number of carboxylic acid groups (broad SMARTS) is 1. The molecule has 0 spiro atoms. The monoisotopic (exact) mass is 351 g/mol. The summed E-state index contributed by atoms with van der Waals surface area (Å²) in [5, 5.41) is 10.1. The number of carboxylic acids is 1. The van der Waals surface area contributed by atoms with Crippen molar-refractivity contribution < 1.29 is 23.1 Å². The zero-order valence-electron chi connectivity index (χ0n) is 12.6. The Hall–Kier alpha value is -2.65. The number of nitrogens with one attached hydrogen (secondary N) is 1. The van der Waals surface area contributed by atoms with Crippen LogP contribution in [0, 0.1) is 0 Å². The van der Waals surface area contributed by atoms with E-state index in [9.17, 15) is 18.0 Å². The molecule has 6 N–H and O–H groups in total. The van der Waals surface area contributed by atoms with Crippen LogP contribution in [0.5, 0.6) is 0 Å². The summed E-state index contributed by atoms with van der Waals surface area (Å²) in [5.74, 6) is -2.10. The number of primary amides is 1. The first kappa shape index (κ1) is 17.7. The van der Waals surface area contributed by atoms with Crippen LogP contribution in [0.2, 0.25) is 0 Å². The Balaban J connectivity index is 2.41. The van der Waals surface area contributed by atoms with Crippen molar-refractivity contribution in [2.75, 3.05) is 5.73 Å². The molecular weight excluding hydrogens is 334 g/mol. The number of hydrogen-bond donors (Lipinski definition) is 4. The zero-order chi connectivity index (χ0) is 17.9. The van der Waals surface area contributed by atoms with Gasteiger partial charge in [0, 0.05) is 22.9 Å². The fourth-order valence-electron chi connectivity index (χ4n) is 2.30. The van der Waals surface area contributed by atoms with Crippen LogP contribution in [0.4, 0.5) is 5.69 Å². The Labute approximate surface area is 138 Å². The molecular formula is C15H17N3O5S. The van der Waals surface area contributed by atoms with Crippen LogP contribution in [-0.4, -0.2) is 31.4 Å². The Bertz CT molecular complexity index is 895. The van der Waals surface area contributed by atoms with Gasteiger partial charge in [-0.1, -0.05) is 24.3 Å². The van der Waals surface area contributed by atoms with E-state index in [1.807, 2.05) is 0 Å². The number of aliphatic carboxylic acids is 1.